The van der Waals surface area contributed by atoms with Gasteiger partial charge in [0, 0.05) is 42.1 Å². The molecule has 1 atom stereocenters. The summed E-state index contributed by atoms with van der Waals surface area (Å²) in [6.07, 6.45) is 4.11. The third kappa shape index (κ3) is 3.46. The summed E-state index contributed by atoms with van der Waals surface area (Å²) in [6, 6.07) is 5.18. The normalized spacial score (nSPS) is 12.6. The molecule has 0 spiro atoms. The maximum atomic E-state index is 11.1. The highest BCUT2D eigenvalue weighted by Crippen LogP contribution is 2.31. The molecule has 3 N–H and O–H groups in total. The van der Waals surface area contributed by atoms with Crippen molar-refractivity contribution >= 4 is 22.1 Å². The number of hydrogen-bond donors (Lipinski definition) is 2. The van der Waals surface area contributed by atoms with E-state index in [1.54, 1.807) is 18.3 Å². The predicted octanol–water partition coefficient (Wildman–Crippen LogP) is 2.93. The van der Waals surface area contributed by atoms with E-state index in [4.69, 9.17) is 5.73 Å². The molecule has 112 valence electrons. The van der Waals surface area contributed by atoms with Gasteiger partial charge in [0.25, 0.3) is 5.69 Å². The third-order valence-electron chi connectivity index (χ3n) is 3.39. The van der Waals surface area contributed by atoms with E-state index in [1.807, 2.05) is 0 Å². The maximum Gasteiger partial charge on any atom is 0.278 e. The van der Waals surface area contributed by atoms with Crippen LogP contribution in [0.3, 0.4) is 0 Å². The van der Waals surface area contributed by atoms with Crippen LogP contribution in [0.15, 0.2) is 30.6 Å². The molecule has 1 aromatic carbocycles. The number of benzene rings is 1. The Balaban J connectivity index is 2.41. The van der Waals surface area contributed by atoms with Crippen LogP contribution in [0, 0.1) is 16.0 Å². The first-order valence-corrected chi connectivity index (χ1v) is 7.00. The Kier molecular flexibility index (Phi) is 4.70. The van der Waals surface area contributed by atoms with E-state index < -0.39 is 0 Å². The molecule has 6 heteroatoms. The monoisotopic (exact) mass is 288 g/mol. The number of pyridine rings is 1. The summed E-state index contributed by atoms with van der Waals surface area (Å²) in [5.74, 6) is 0.525. The highest BCUT2D eigenvalue weighted by molar-refractivity contribution is 5.99. The second-order valence-electron chi connectivity index (χ2n) is 5.52. The van der Waals surface area contributed by atoms with Gasteiger partial charge in [0.15, 0.2) is 0 Å². The van der Waals surface area contributed by atoms with E-state index in [1.165, 1.54) is 12.3 Å². The van der Waals surface area contributed by atoms with Crippen molar-refractivity contribution in [3.8, 4) is 0 Å². The summed E-state index contributed by atoms with van der Waals surface area (Å²) < 4.78 is 0. The van der Waals surface area contributed by atoms with Crippen LogP contribution >= 0.6 is 0 Å². The van der Waals surface area contributed by atoms with Crippen LogP contribution in [-0.4, -0.2) is 22.5 Å². The molecule has 0 saturated carbocycles. The number of fused-ring (bicyclic) bond motifs is 1. The molecule has 0 fully saturated rings. The Morgan fingerprint density at radius 2 is 2.10 bits per heavy atom. The lowest BCUT2D eigenvalue weighted by Crippen LogP contribution is -2.30. The van der Waals surface area contributed by atoms with Gasteiger partial charge in [-0.25, -0.2) is 0 Å². The number of nitro groups is 1. The molecule has 21 heavy (non-hydrogen) atoms. The number of rotatable bonds is 6. The molecule has 0 aliphatic heterocycles. The van der Waals surface area contributed by atoms with E-state index >= 15 is 0 Å². The van der Waals surface area contributed by atoms with E-state index in [-0.39, 0.29) is 16.7 Å². The maximum absolute atomic E-state index is 11.1. The van der Waals surface area contributed by atoms with E-state index in [0.717, 1.165) is 17.5 Å². The number of nitrogens with one attached hydrogen (secondary N) is 1. The molecule has 1 heterocycles. The zero-order chi connectivity index (χ0) is 15.4. The fraction of sp³-hybridized carbons (Fsp3) is 0.400. The first-order valence-electron chi connectivity index (χ1n) is 7.00. The molecule has 0 amide bonds. The van der Waals surface area contributed by atoms with Gasteiger partial charge in [-0.3, -0.25) is 15.1 Å². The molecule has 1 aromatic heterocycles. The minimum Gasteiger partial charge on any atom is -0.381 e. The average Bonchev–Trinajstić information content (AvgIpc) is 2.46. The lowest BCUT2D eigenvalue weighted by Gasteiger charge is -2.21. The van der Waals surface area contributed by atoms with E-state index in [0.29, 0.717) is 17.8 Å². The molecule has 0 bridgehead atoms. The SMILES string of the molecule is CC(C)CC(CN)Nc1ccc([N+](=O)[O-])c2cnccc12. The Hall–Kier alpha value is -2.21. The Morgan fingerprint density at radius 1 is 1.33 bits per heavy atom. The van der Waals surface area contributed by atoms with Gasteiger partial charge in [-0.1, -0.05) is 13.8 Å². The lowest BCUT2D eigenvalue weighted by atomic mass is 10.0. The van der Waals surface area contributed by atoms with Crippen LogP contribution in [-0.2, 0) is 0 Å². The van der Waals surface area contributed by atoms with Gasteiger partial charge in [-0.15, -0.1) is 0 Å². The average molecular weight is 288 g/mol. The molecule has 2 aromatic rings. The fourth-order valence-electron chi connectivity index (χ4n) is 2.46. The van der Waals surface area contributed by atoms with Gasteiger partial charge in [0.05, 0.1) is 10.3 Å². The number of nitrogens with two attached hydrogens (primary N) is 1. The minimum absolute atomic E-state index is 0.0665. The minimum atomic E-state index is -0.387. The van der Waals surface area contributed by atoms with Crippen LogP contribution < -0.4 is 11.1 Å². The zero-order valence-electron chi connectivity index (χ0n) is 12.2. The number of nitrogens with zero attached hydrogens (tertiary/aromatic N) is 2. The van der Waals surface area contributed by atoms with Crippen molar-refractivity contribution in [2.24, 2.45) is 11.7 Å². The van der Waals surface area contributed by atoms with Gasteiger partial charge in [-0.2, -0.15) is 0 Å². The second-order valence-corrected chi connectivity index (χ2v) is 5.52. The Bertz CT molecular complexity index is 643. The van der Waals surface area contributed by atoms with Crippen LogP contribution in [0.2, 0.25) is 0 Å². The van der Waals surface area contributed by atoms with Crippen LogP contribution in [0.25, 0.3) is 10.8 Å². The Morgan fingerprint density at radius 3 is 2.71 bits per heavy atom. The molecule has 0 radical (unpaired) electrons. The largest absolute Gasteiger partial charge is 0.381 e. The topological polar surface area (TPSA) is 94.1 Å². The molecular weight excluding hydrogens is 268 g/mol. The van der Waals surface area contributed by atoms with Crippen molar-refractivity contribution in [1.29, 1.82) is 0 Å². The van der Waals surface area contributed by atoms with Crippen molar-refractivity contribution in [2.75, 3.05) is 11.9 Å². The number of hydrogen-bond acceptors (Lipinski definition) is 5. The molecule has 0 aliphatic carbocycles. The van der Waals surface area contributed by atoms with Crippen molar-refractivity contribution in [2.45, 2.75) is 26.3 Å². The summed E-state index contributed by atoms with van der Waals surface area (Å²) in [5, 5.41) is 15.8. The fourth-order valence-corrected chi connectivity index (χ4v) is 2.46. The third-order valence-corrected chi connectivity index (χ3v) is 3.39. The highest BCUT2D eigenvalue weighted by Gasteiger charge is 2.16. The van der Waals surface area contributed by atoms with Gasteiger partial charge in [0.1, 0.15) is 0 Å². The van der Waals surface area contributed by atoms with E-state index in [2.05, 4.69) is 24.1 Å². The summed E-state index contributed by atoms with van der Waals surface area (Å²) in [4.78, 5) is 14.7. The number of aromatic nitrogens is 1. The molecule has 2 rings (SSSR count). The van der Waals surface area contributed by atoms with Crippen molar-refractivity contribution in [1.82, 2.24) is 4.98 Å². The van der Waals surface area contributed by atoms with Gasteiger partial charge >= 0.3 is 0 Å². The summed E-state index contributed by atoms with van der Waals surface area (Å²) >= 11 is 0. The Labute approximate surface area is 123 Å². The van der Waals surface area contributed by atoms with Crippen molar-refractivity contribution in [3.05, 3.63) is 40.7 Å². The molecule has 6 nitrogen and oxygen atoms in total. The van der Waals surface area contributed by atoms with E-state index in [9.17, 15) is 10.1 Å². The smallest absolute Gasteiger partial charge is 0.278 e. The first kappa shape index (κ1) is 15.2. The van der Waals surface area contributed by atoms with Gasteiger partial charge < -0.3 is 11.1 Å². The van der Waals surface area contributed by atoms with Crippen molar-refractivity contribution < 1.29 is 4.92 Å². The standard InChI is InChI=1S/C15H20N4O2/c1-10(2)7-11(8-16)18-14-3-4-15(19(20)21)13-9-17-6-5-12(13)14/h3-6,9-11,18H,7-8,16H2,1-2H3. The summed E-state index contributed by atoms with van der Waals surface area (Å²) in [6.45, 7) is 4.80. The zero-order valence-corrected chi connectivity index (χ0v) is 12.2. The quantitative estimate of drug-likeness (QED) is 0.629. The predicted molar refractivity (Wildman–Crippen MR) is 84.3 cm³/mol. The van der Waals surface area contributed by atoms with Crippen molar-refractivity contribution in [3.63, 3.8) is 0 Å². The van der Waals surface area contributed by atoms with Crippen LogP contribution in [0.1, 0.15) is 20.3 Å². The summed E-state index contributed by atoms with van der Waals surface area (Å²) in [7, 11) is 0. The number of anilines is 1. The van der Waals surface area contributed by atoms with Gasteiger partial charge in [0.2, 0.25) is 0 Å². The number of non-ortho nitro benzene ring substituents is 1. The summed E-state index contributed by atoms with van der Waals surface area (Å²) in [5.41, 5.74) is 6.73. The van der Waals surface area contributed by atoms with Crippen LogP contribution in [0.4, 0.5) is 11.4 Å². The molecule has 1 unspecified atom stereocenters. The van der Waals surface area contributed by atoms with Gasteiger partial charge in [-0.05, 0) is 24.5 Å². The highest BCUT2D eigenvalue weighted by atomic mass is 16.6. The van der Waals surface area contributed by atoms with Crippen LogP contribution in [0.5, 0.6) is 0 Å². The number of nitro benzene ring substituents is 1. The first-order chi connectivity index (χ1) is 10.0. The molecule has 0 aliphatic rings. The molecular formula is C15H20N4O2. The lowest BCUT2D eigenvalue weighted by molar-refractivity contribution is -0.383. The molecule has 0 saturated heterocycles. The second kappa shape index (κ2) is 6.49.